The molecule has 0 amide bonds. The molecule has 11 heteroatoms. The molecule has 0 aromatic heterocycles. The Morgan fingerprint density at radius 3 is 1.30 bits per heavy atom. The van der Waals surface area contributed by atoms with Crippen molar-refractivity contribution < 1.29 is 39.5 Å². The second-order valence-corrected chi connectivity index (χ2v) is 16.2. The number of aliphatic hydroxyl groups is 2. The third kappa shape index (κ3) is 20.3. The molecular formula is C29H52O8S2Sn. The van der Waals surface area contributed by atoms with Crippen LogP contribution in [-0.4, -0.2) is 77.8 Å². The Morgan fingerprint density at radius 2 is 1.02 bits per heavy atom. The first-order chi connectivity index (χ1) is 18.6. The summed E-state index contributed by atoms with van der Waals surface area (Å²) in [5.74, 6) is -2.87. The van der Waals surface area contributed by atoms with Gasteiger partial charge in [-0.2, -0.15) is 0 Å². The Bertz CT molecular complexity index is 692. The molecule has 232 valence electrons. The first-order valence-electron chi connectivity index (χ1n) is 14.5. The number of carboxylic acid groups (broad SMARTS) is 2. The fourth-order valence-corrected chi connectivity index (χ4v) is 8.13. The molecule has 0 aliphatic rings. The molecule has 0 rings (SSSR count). The minimum absolute atomic E-state index is 0.0240. The molecule has 0 heterocycles. The molecule has 2 atom stereocenters. The second-order valence-electron chi connectivity index (χ2n) is 11.1. The van der Waals surface area contributed by atoms with Gasteiger partial charge >= 0.3 is 69.5 Å². The van der Waals surface area contributed by atoms with Crippen molar-refractivity contribution in [2.75, 3.05) is 13.2 Å². The van der Waals surface area contributed by atoms with Crippen molar-refractivity contribution >= 4 is 67.6 Å². The van der Waals surface area contributed by atoms with E-state index in [4.69, 9.17) is 33.9 Å². The summed E-state index contributed by atoms with van der Waals surface area (Å²) in [6.07, 6.45) is 7.36. The summed E-state index contributed by atoms with van der Waals surface area (Å²) in [5.41, 5.74) is -4.33. The topological polar surface area (TPSA) is 139 Å². The van der Waals surface area contributed by atoms with Gasteiger partial charge in [0.15, 0.2) is 10.1 Å². The molecule has 2 N–H and O–H groups in total. The van der Waals surface area contributed by atoms with E-state index in [9.17, 15) is 30.0 Å². The van der Waals surface area contributed by atoms with E-state index in [0.717, 1.165) is 12.8 Å². The summed E-state index contributed by atoms with van der Waals surface area (Å²) in [7, 11) is 0. The standard InChI is InChI=1S/C21H36O8S2.2C4H9.Sn/c1-5-7-9-20(26,11-15(22)23)17(30)28-13-19(3,4)14-29-18(31)21(27,10-8-6-2)12-16(24)25;2*1-3-4-2;/h26-27H,5-14H2,1-4H3,(H,22,23)(H,24,25);2*1,3-4H2,2H3;/q;;;+2/p-2. The molecule has 0 saturated carbocycles. The number of hydrogen-bond acceptors (Lipinski definition) is 10. The van der Waals surface area contributed by atoms with E-state index < -0.39 is 41.4 Å². The number of aliphatic carboxylic acids is 2. The van der Waals surface area contributed by atoms with Gasteiger partial charge in [0.1, 0.15) is 11.2 Å². The zero-order valence-corrected chi connectivity index (χ0v) is 30.0. The van der Waals surface area contributed by atoms with Gasteiger partial charge in [0, 0.05) is 30.2 Å². The van der Waals surface area contributed by atoms with Gasteiger partial charge in [-0.15, -0.1) is 0 Å². The fourth-order valence-electron chi connectivity index (χ4n) is 3.50. The van der Waals surface area contributed by atoms with Crippen LogP contribution in [0.25, 0.3) is 0 Å². The monoisotopic (exact) mass is 712 g/mol. The maximum absolute atomic E-state index is 11.0. The zero-order valence-electron chi connectivity index (χ0n) is 25.5. The molecule has 0 saturated heterocycles. The molecule has 0 fully saturated rings. The van der Waals surface area contributed by atoms with Gasteiger partial charge in [-0.1, -0.05) is 53.4 Å². The number of hydrogen-bond donors (Lipinski definition) is 2. The first kappa shape index (κ1) is 41.6. The number of carbonyl (C=O) groups is 2. The van der Waals surface area contributed by atoms with Gasteiger partial charge in [0.05, 0.1) is 13.2 Å². The number of unbranched alkanes of at least 4 members (excludes halogenated alkanes) is 4. The summed E-state index contributed by atoms with van der Waals surface area (Å²) in [6.45, 7) is 11.8. The van der Waals surface area contributed by atoms with Crippen LogP contribution in [0, 0.1) is 5.41 Å². The quantitative estimate of drug-likeness (QED) is 0.0965. The third-order valence-corrected chi connectivity index (χ3v) is 11.2. The molecule has 0 aliphatic heterocycles. The van der Waals surface area contributed by atoms with Crippen LogP contribution in [0.1, 0.15) is 119 Å². The van der Waals surface area contributed by atoms with Gasteiger partial charge < -0.3 is 39.5 Å². The second kappa shape index (κ2) is 23.0. The van der Waals surface area contributed by atoms with Gasteiger partial charge in [-0.25, -0.2) is 0 Å². The minimum atomic E-state index is -1.81. The number of ether oxygens (including phenoxy) is 2. The van der Waals surface area contributed by atoms with E-state index in [1.54, 1.807) is 22.7 Å². The van der Waals surface area contributed by atoms with Crippen LogP contribution in [-0.2, 0) is 19.1 Å². The molecular weight excluding hydrogens is 659 g/mol. The van der Waals surface area contributed by atoms with Gasteiger partial charge in [0.2, 0.25) is 0 Å². The predicted octanol–water partition coefficient (Wildman–Crippen LogP) is 3.95. The number of carboxylic acids is 2. The van der Waals surface area contributed by atoms with E-state index in [2.05, 4.69) is 13.8 Å². The number of carbonyl (C=O) groups excluding carboxylic acids is 2. The van der Waals surface area contributed by atoms with Gasteiger partial charge in [-0.3, -0.25) is 0 Å². The molecule has 40 heavy (non-hydrogen) atoms. The van der Waals surface area contributed by atoms with Crippen molar-refractivity contribution in [1.82, 2.24) is 0 Å². The van der Waals surface area contributed by atoms with E-state index in [1.165, 1.54) is 25.7 Å². The van der Waals surface area contributed by atoms with Crippen molar-refractivity contribution in [3.8, 4) is 0 Å². The zero-order chi connectivity index (χ0) is 31.2. The third-order valence-electron chi connectivity index (χ3n) is 6.12. The summed E-state index contributed by atoms with van der Waals surface area (Å²) in [4.78, 5) is 22.0. The Morgan fingerprint density at radius 1 is 0.700 bits per heavy atom. The van der Waals surface area contributed by atoms with Crippen LogP contribution >= 0.6 is 24.4 Å². The van der Waals surface area contributed by atoms with E-state index in [-0.39, 0.29) is 57.3 Å². The van der Waals surface area contributed by atoms with Crippen molar-refractivity contribution in [2.24, 2.45) is 5.41 Å². The van der Waals surface area contributed by atoms with E-state index >= 15 is 0 Å². The van der Waals surface area contributed by atoms with Crippen LogP contribution in [0.3, 0.4) is 0 Å². The Labute approximate surface area is 263 Å². The summed E-state index contributed by atoms with van der Waals surface area (Å²) in [6, 6.07) is 0. The summed E-state index contributed by atoms with van der Waals surface area (Å²) < 4.78 is 14.3. The van der Waals surface area contributed by atoms with E-state index in [0.29, 0.717) is 12.8 Å². The van der Waals surface area contributed by atoms with Crippen LogP contribution in [0.2, 0.25) is 8.87 Å². The summed E-state index contributed by atoms with van der Waals surface area (Å²) in [5, 5.41) is 42.8. The van der Waals surface area contributed by atoms with Crippen LogP contribution < -0.4 is 10.2 Å². The SMILES string of the molecule is CCCCC(O)(CC(=O)[O-])C(=S)OCC(C)(C)COC(=S)C(O)(CCCC)CC(=O)[O-].CCC[CH2][Sn+2][CH2]CCC. The molecule has 0 spiro atoms. The molecule has 8 nitrogen and oxygen atoms in total. The van der Waals surface area contributed by atoms with E-state index in [1.807, 2.05) is 13.8 Å². The molecule has 0 aliphatic carbocycles. The van der Waals surface area contributed by atoms with Crippen LogP contribution in [0.4, 0.5) is 0 Å². The van der Waals surface area contributed by atoms with Crippen molar-refractivity contribution in [3.63, 3.8) is 0 Å². The first-order valence-corrected chi connectivity index (χ1v) is 19.4. The van der Waals surface area contributed by atoms with Crippen molar-refractivity contribution in [1.29, 1.82) is 0 Å². The van der Waals surface area contributed by atoms with Crippen molar-refractivity contribution in [3.05, 3.63) is 0 Å². The Kier molecular flexibility index (Phi) is 23.9. The Balaban J connectivity index is 0. The van der Waals surface area contributed by atoms with Gasteiger partial charge in [0.25, 0.3) is 0 Å². The Hall–Kier alpha value is -0.561. The molecule has 0 aromatic carbocycles. The van der Waals surface area contributed by atoms with Gasteiger partial charge in [-0.05, 0) is 37.3 Å². The van der Waals surface area contributed by atoms with Crippen LogP contribution in [0.15, 0.2) is 0 Å². The maximum atomic E-state index is 11.0. The van der Waals surface area contributed by atoms with Crippen LogP contribution in [0.5, 0.6) is 0 Å². The summed E-state index contributed by atoms with van der Waals surface area (Å²) >= 11 is 10.4. The average molecular weight is 712 g/mol. The molecule has 2 unspecified atom stereocenters. The molecule has 0 radical (unpaired) electrons. The average Bonchev–Trinajstić information content (AvgIpc) is 2.87. The number of thiocarbonyl (C=S) groups is 2. The predicted molar refractivity (Wildman–Crippen MR) is 164 cm³/mol. The molecule has 0 bridgehead atoms. The fraction of sp³-hybridized carbons (Fsp3) is 0.862. The normalized spacial score (nSPS) is 14.0. The molecule has 0 aromatic rings. The number of rotatable bonds is 22. The van der Waals surface area contributed by atoms with Crippen molar-refractivity contribution in [2.45, 2.75) is 139 Å².